The third kappa shape index (κ3) is 3.66. The largest absolute Gasteiger partial charge is 0.497 e. The summed E-state index contributed by atoms with van der Waals surface area (Å²) in [6.07, 6.45) is 0. The molecular formula is C19H18N6O3S. The van der Waals surface area contributed by atoms with Gasteiger partial charge in [0.25, 0.3) is 5.56 Å². The lowest BCUT2D eigenvalue weighted by molar-refractivity contribution is 0.399. The van der Waals surface area contributed by atoms with Crippen molar-refractivity contribution >= 4 is 22.7 Å². The zero-order valence-electron chi connectivity index (χ0n) is 16.0. The molecule has 4 rings (SSSR count). The number of methoxy groups -OCH3 is 2. The van der Waals surface area contributed by atoms with E-state index >= 15 is 0 Å². The fourth-order valence-corrected chi connectivity index (χ4v) is 3.73. The van der Waals surface area contributed by atoms with Gasteiger partial charge in [-0.15, -0.1) is 5.10 Å². The van der Waals surface area contributed by atoms with Crippen LogP contribution in [-0.4, -0.2) is 44.4 Å². The van der Waals surface area contributed by atoms with Gasteiger partial charge in [-0.2, -0.15) is 4.68 Å². The Morgan fingerprint density at radius 3 is 2.76 bits per heavy atom. The van der Waals surface area contributed by atoms with Gasteiger partial charge in [-0.1, -0.05) is 23.9 Å². The van der Waals surface area contributed by atoms with Crippen LogP contribution in [0.5, 0.6) is 11.5 Å². The fraction of sp³-hybridized carbons (Fsp3) is 0.211. The van der Waals surface area contributed by atoms with Crippen molar-refractivity contribution in [2.45, 2.75) is 17.3 Å². The number of para-hydroxylation sites is 1. The molecule has 0 aliphatic rings. The van der Waals surface area contributed by atoms with Gasteiger partial charge in [-0.05, 0) is 41.6 Å². The Morgan fingerprint density at radius 2 is 1.97 bits per heavy atom. The maximum absolute atomic E-state index is 12.4. The van der Waals surface area contributed by atoms with Crippen molar-refractivity contribution in [1.29, 1.82) is 0 Å². The molecule has 0 aliphatic carbocycles. The first-order valence-electron chi connectivity index (χ1n) is 8.77. The lowest BCUT2D eigenvalue weighted by Gasteiger charge is -2.13. The highest BCUT2D eigenvalue weighted by Gasteiger charge is 2.19. The van der Waals surface area contributed by atoms with E-state index in [1.807, 2.05) is 25.1 Å². The van der Waals surface area contributed by atoms with Gasteiger partial charge in [0.15, 0.2) is 0 Å². The maximum atomic E-state index is 12.4. The first-order chi connectivity index (χ1) is 14.1. The molecule has 4 aromatic rings. The number of fused-ring (bicyclic) bond motifs is 1. The van der Waals surface area contributed by atoms with Crippen LogP contribution >= 0.6 is 11.8 Å². The van der Waals surface area contributed by atoms with Crippen molar-refractivity contribution in [3.05, 3.63) is 58.6 Å². The molecule has 148 valence electrons. The average Bonchev–Trinajstić information content (AvgIpc) is 3.21. The highest BCUT2D eigenvalue weighted by atomic mass is 32.2. The molecule has 0 radical (unpaired) electrons. The Hall–Kier alpha value is -3.40. The standard InChI is InChI=1S/C19H18N6O3S/c1-11(17-20-14-7-5-4-6-13(14)18(26)21-17)29-19-22-23-24-25(19)15-10-12(27-2)8-9-16(15)28-3/h4-11H,1-3H3,(H,20,21,26). The van der Waals surface area contributed by atoms with Crippen LogP contribution in [0, 0.1) is 0 Å². The van der Waals surface area contributed by atoms with Gasteiger partial charge in [0.05, 0.1) is 30.4 Å². The summed E-state index contributed by atoms with van der Waals surface area (Å²) in [5.41, 5.74) is 1.12. The number of thioether (sulfide) groups is 1. The van der Waals surface area contributed by atoms with Gasteiger partial charge in [-0.3, -0.25) is 4.79 Å². The van der Waals surface area contributed by atoms with Gasteiger partial charge in [0.1, 0.15) is 23.0 Å². The molecule has 0 saturated heterocycles. The van der Waals surface area contributed by atoms with Crippen molar-refractivity contribution in [2.75, 3.05) is 14.2 Å². The summed E-state index contributed by atoms with van der Waals surface area (Å²) in [6.45, 7) is 1.93. The fourth-order valence-electron chi connectivity index (χ4n) is 2.88. The number of hydrogen-bond acceptors (Lipinski definition) is 8. The number of aromatic nitrogens is 6. The summed E-state index contributed by atoms with van der Waals surface area (Å²) >= 11 is 1.37. The van der Waals surface area contributed by atoms with Crippen LogP contribution in [0.4, 0.5) is 0 Å². The first kappa shape index (κ1) is 18.9. The third-order valence-corrected chi connectivity index (χ3v) is 5.40. The van der Waals surface area contributed by atoms with Gasteiger partial charge < -0.3 is 14.5 Å². The quantitative estimate of drug-likeness (QED) is 0.484. The number of aromatic amines is 1. The summed E-state index contributed by atoms with van der Waals surface area (Å²) in [6, 6.07) is 12.6. The van der Waals surface area contributed by atoms with Crippen LogP contribution in [0.25, 0.3) is 16.6 Å². The smallest absolute Gasteiger partial charge is 0.258 e. The molecule has 2 aromatic carbocycles. The molecule has 0 amide bonds. The predicted molar refractivity (Wildman–Crippen MR) is 109 cm³/mol. The molecule has 1 unspecified atom stereocenters. The Morgan fingerprint density at radius 1 is 1.14 bits per heavy atom. The molecule has 0 aliphatic heterocycles. The van der Waals surface area contributed by atoms with E-state index in [1.54, 1.807) is 43.2 Å². The van der Waals surface area contributed by atoms with Crippen LogP contribution in [0.15, 0.2) is 52.4 Å². The lowest BCUT2D eigenvalue weighted by Crippen LogP contribution is -2.13. The van der Waals surface area contributed by atoms with E-state index in [9.17, 15) is 4.79 Å². The summed E-state index contributed by atoms with van der Waals surface area (Å²) in [4.78, 5) is 19.8. The Kier molecular flexibility index (Phi) is 5.17. The zero-order valence-corrected chi connectivity index (χ0v) is 16.8. The lowest BCUT2D eigenvalue weighted by atomic mass is 10.2. The minimum absolute atomic E-state index is 0.174. The highest BCUT2D eigenvalue weighted by molar-refractivity contribution is 7.99. The number of rotatable bonds is 6. The molecule has 9 nitrogen and oxygen atoms in total. The Labute approximate surface area is 170 Å². The zero-order chi connectivity index (χ0) is 20.4. The van der Waals surface area contributed by atoms with E-state index < -0.39 is 0 Å². The molecule has 0 saturated carbocycles. The van der Waals surface area contributed by atoms with E-state index in [1.165, 1.54) is 11.8 Å². The Balaban J connectivity index is 1.69. The first-order valence-corrected chi connectivity index (χ1v) is 9.65. The van der Waals surface area contributed by atoms with E-state index in [4.69, 9.17) is 9.47 Å². The van der Waals surface area contributed by atoms with Gasteiger partial charge >= 0.3 is 0 Å². The normalized spacial score (nSPS) is 12.1. The van der Waals surface area contributed by atoms with Crippen molar-refractivity contribution in [3.63, 3.8) is 0 Å². The van der Waals surface area contributed by atoms with Crippen LogP contribution in [0.2, 0.25) is 0 Å². The summed E-state index contributed by atoms with van der Waals surface area (Å²) < 4.78 is 12.3. The minimum atomic E-state index is -0.200. The summed E-state index contributed by atoms with van der Waals surface area (Å²) in [7, 11) is 3.17. The molecule has 1 N–H and O–H groups in total. The monoisotopic (exact) mass is 410 g/mol. The van der Waals surface area contributed by atoms with Gasteiger partial charge in [-0.25, -0.2) is 4.98 Å². The van der Waals surface area contributed by atoms with Crippen LogP contribution in [0.1, 0.15) is 18.0 Å². The number of tetrazole rings is 1. The van der Waals surface area contributed by atoms with Crippen LogP contribution < -0.4 is 15.0 Å². The molecule has 2 aromatic heterocycles. The molecular weight excluding hydrogens is 392 g/mol. The molecule has 0 spiro atoms. The number of H-pyrrole nitrogens is 1. The maximum Gasteiger partial charge on any atom is 0.258 e. The topological polar surface area (TPSA) is 108 Å². The van der Waals surface area contributed by atoms with Crippen molar-refractivity contribution in [2.24, 2.45) is 0 Å². The summed E-state index contributed by atoms with van der Waals surface area (Å²) in [5, 5.41) is 12.9. The highest BCUT2D eigenvalue weighted by Crippen LogP contribution is 2.35. The van der Waals surface area contributed by atoms with Crippen molar-refractivity contribution in [3.8, 4) is 17.2 Å². The van der Waals surface area contributed by atoms with E-state index in [0.29, 0.717) is 39.1 Å². The number of benzene rings is 2. The Bertz CT molecular complexity index is 1220. The number of ether oxygens (including phenoxy) is 2. The number of nitrogens with zero attached hydrogens (tertiary/aromatic N) is 5. The van der Waals surface area contributed by atoms with Crippen molar-refractivity contribution in [1.82, 2.24) is 30.2 Å². The second-order valence-electron chi connectivity index (χ2n) is 6.14. The van der Waals surface area contributed by atoms with E-state index in [2.05, 4.69) is 25.5 Å². The molecule has 29 heavy (non-hydrogen) atoms. The molecule has 1 atom stereocenters. The number of hydrogen-bond donors (Lipinski definition) is 1. The molecule has 2 heterocycles. The predicted octanol–water partition coefficient (Wildman–Crippen LogP) is 2.77. The van der Waals surface area contributed by atoms with Crippen molar-refractivity contribution < 1.29 is 9.47 Å². The molecule has 0 bridgehead atoms. The minimum Gasteiger partial charge on any atom is -0.497 e. The second kappa shape index (κ2) is 7.92. The SMILES string of the molecule is COc1ccc(OC)c(-n2nnnc2SC(C)c2nc3ccccc3c(=O)[nH]2)c1. The van der Waals surface area contributed by atoms with E-state index in [-0.39, 0.29) is 10.8 Å². The summed E-state index contributed by atoms with van der Waals surface area (Å²) in [5.74, 6) is 1.80. The van der Waals surface area contributed by atoms with E-state index in [0.717, 1.165) is 0 Å². The number of nitrogens with one attached hydrogen (secondary N) is 1. The molecule has 0 fully saturated rings. The van der Waals surface area contributed by atoms with Crippen LogP contribution in [0.3, 0.4) is 0 Å². The van der Waals surface area contributed by atoms with Crippen LogP contribution in [-0.2, 0) is 0 Å². The second-order valence-corrected chi connectivity index (χ2v) is 7.45. The van der Waals surface area contributed by atoms with Gasteiger partial charge in [0, 0.05) is 6.07 Å². The average molecular weight is 410 g/mol. The molecule has 10 heteroatoms. The third-order valence-electron chi connectivity index (χ3n) is 4.35. The van der Waals surface area contributed by atoms with Gasteiger partial charge in [0.2, 0.25) is 5.16 Å².